The zero-order valence-electron chi connectivity index (χ0n) is 16.9. The summed E-state index contributed by atoms with van der Waals surface area (Å²) in [6.07, 6.45) is -0.109. The SMILES string of the molecule is Cc1ccc2c(c1)C(=O)N(CCC(=O)Nc1cc(Cl)ccc1C(=O)NC(C)C)C2=O. The summed E-state index contributed by atoms with van der Waals surface area (Å²) < 4.78 is 0. The Kier molecular flexibility index (Phi) is 6.22. The van der Waals surface area contributed by atoms with Gasteiger partial charge in [0.25, 0.3) is 17.7 Å². The monoisotopic (exact) mass is 427 g/mol. The average Bonchev–Trinajstić information content (AvgIpc) is 2.89. The third-order valence-corrected chi connectivity index (χ3v) is 4.84. The van der Waals surface area contributed by atoms with Crippen LogP contribution < -0.4 is 10.6 Å². The van der Waals surface area contributed by atoms with E-state index >= 15 is 0 Å². The summed E-state index contributed by atoms with van der Waals surface area (Å²) in [5.74, 6) is -1.61. The third-order valence-electron chi connectivity index (χ3n) is 4.61. The third kappa shape index (κ3) is 4.52. The number of benzene rings is 2. The summed E-state index contributed by atoms with van der Waals surface area (Å²) in [7, 11) is 0. The molecule has 2 aromatic carbocycles. The van der Waals surface area contributed by atoms with Crippen molar-refractivity contribution in [2.75, 3.05) is 11.9 Å². The fourth-order valence-electron chi connectivity index (χ4n) is 3.19. The molecule has 1 heterocycles. The molecule has 0 unspecified atom stereocenters. The van der Waals surface area contributed by atoms with Crippen LogP contribution in [0.3, 0.4) is 0 Å². The van der Waals surface area contributed by atoms with Crippen LogP contribution >= 0.6 is 11.6 Å². The van der Waals surface area contributed by atoms with Gasteiger partial charge in [0.2, 0.25) is 5.91 Å². The summed E-state index contributed by atoms with van der Waals surface area (Å²) in [4.78, 5) is 50.9. The molecule has 8 heteroatoms. The summed E-state index contributed by atoms with van der Waals surface area (Å²) in [6, 6.07) is 9.56. The van der Waals surface area contributed by atoms with Crippen LogP contribution in [-0.4, -0.2) is 41.1 Å². The number of imide groups is 1. The first kappa shape index (κ1) is 21.5. The molecule has 0 aromatic heterocycles. The topological polar surface area (TPSA) is 95.6 Å². The highest BCUT2D eigenvalue weighted by atomic mass is 35.5. The molecule has 0 saturated heterocycles. The highest BCUT2D eigenvalue weighted by molar-refractivity contribution is 6.31. The Hall–Kier alpha value is -3.19. The number of rotatable bonds is 6. The van der Waals surface area contributed by atoms with Crippen LogP contribution in [0.2, 0.25) is 5.02 Å². The smallest absolute Gasteiger partial charge is 0.261 e. The van der Waals surface area contributed by atoms with Crippen LogP contribution in [0.5, 0.6) is 0 Å². The first-order valence-corrected chi connectivity index (χ1v) is 9.92. The molecule has 7 nitrogen and oxygen atoms in total. The number of carbonyl (C=O) groups is 4. The van der Waals surface area contributed by atoms with Crippen molar-refractivity contribution in [3.8, 4) is 0 Å². The van der Waals surface area contributed by atoms with E-state index in [4.69, 9.17) is 11.6 Å². The normalized spacial score (nSPS) is 12.9. The number of hydrogen-bond acceptors (Lipinski definition) is 4. The molecule has 0 radical (unpaired) electrons. The van der Waals surface area contributed by atoms with Crippen LogP contribution in [0, 0.1) is 6.92 Å². The molecule has 4 amide bonds. The Morgan fingerprint density at radius 3 is 2.43 bits per heavy atom. The van der Waals surface area contributed by atoms with E-state index in [-0.39, 0.29) is 36.2 Å². The van der Waals surface area contributed by atoms with E-state index in [0.29, 0.717) is 16.1 Å². The lowest BCUT2D eigenvalue weighted by Crippen LogP contribution is -2.33. The summed E-state index contributed by atoms with van der Waals surface area (Å²) in [5.41, 5.74) is 2.11. The van der Waals surface area contributed by atoms with E-state index in [0.717, 1.165) is 10.5 Å². The maximum Gasteiger partial charge on any atom is 0.261 e. The van der Waals surface area contributed by atoms with Gasteiger partial charge in [-0.3, -0.25) is 24.1 Å². The van der Waals surface area contributed by atoms with Crippen molar-refractivity contribution >= 4 is 40.9 Å². The van der Waals surface area contributed by atoms with E-state index in [9.17, 15) is 19.2 Å². The minimum atomic E-state index is -0.441. The van der Waals surface area contributed by atoms with Crippen molar-refractivity contribution in [2.24, 2.45) is 0 Å². The Balaban J connectivity index is 1.69. The van der Waals surface area contributed by atoms with Crippen molar-refractivity contribution in [2.45, 2.75) is 33.2 Å². The molecule has 0 fully saturated rings. The quantitative estimate of drug-likeness (QED) is 0.690. The number of aryl methyl sites for hydroxylation is 1. The van der Waals surface area contributed by atoms with Crippen LogP contribution in [-0.2, 0) is 4.79 Å². The minimum Gasteiger partial charge on any atom is -0.350 e. The largest absolute Gasteiger partial charge is 0.350 e. The second kappa shape index (κ2) is 8.67. The number of amides is 4. The summed E-state index contributed by atoms with van der Waals surface area (Å²) >= 11 is 6.01. The Bertz CT molecular complexity index is 1050. The zero-order valence-corrected chi connectivity index (χ0v) is 17.7. The molecule has 0 saturated carbocycles. The molecule has 2 N–H and O–H groups in total. The van der Waals surface area contributed by atoms with E-state index in [1.807, 2.05) is 20.8 Å². The molecule has 0 atom stereocenters. The molecule has 30 heavy (non-hydrogen) atoms. The van der Waals surface area contributed by atoms with Gasteiger partial charge >= 0.3 is 0 Å². The maximum absolute atomic E-state index is 12.5. The van der Waals surface area contributed by atoms with Crippen LogP contribution in [0.4, 0.5) is 5.69 Å². The Morgan fingerprint density at radius 2 is 1.73 bits per heavy atom. The van der Waals surface area contributed by atoms with Crippen LogP contribution in [0.1, 0.15) is 56.9 Å². The van der Waals surface area contributed by atoms with Gasteiger partial charge in [0.15, 0.2) is 0 Å². The molecule has 1 aliphatic heterocycles. The number of anilines is 1. The highest BCUT2D eigenvalue weighted by Gasteiger charge is 2.35. The molecular formula is C22H22ClN3O4. The Labute approximate surface area is 179 Å². The molecule has 2 aromatic rings. The van der Waals surface area contributed by atoms with Gasteiger partial charge in [-0.05, 0) is 51.1 Å². The lowest BCUT2D eigenvalue weighted by Gasteiger charge is -2.15. The molecule has 3 rings (SSSR count). The van der Waals surface area contributed by atoms with Crippen molar-refractivity contribution in [3.63, 3.8) is 0 Å². The number of halogens is 1. The number of hydrogen-bond donors (Lipinski definition) is 2. The summed E-state index contributed by atoms with van der Waals surface area (Å²) in [6.45, 7) is 5.43. The molecular weight excluding hydrogens is 406 g/mol. The van der Waals surface area contributed by atoms with E-state index in [1.54, 1.807) is 24.3 Å². The van der Waals surface area contributed by atoms with Gasteiger partial charge < -0.3 is 10.6 Å². The van der Waals surface area contributed by atoms with Gasteiger partial charge in [0.05, 0.1) is 22.4 Å². The lowest BCUT2D eigenvalue weighted by molar-refractivity contribution is -0.116. The summed E-state index contributed by atoms with van der Waals surface area (Å²) in [5, 5.41) is 5.78. The molecule has 1 aliphatic rings. The minimum absolute atomic E-state index is 0.0642. The van der Waals surface area contributed by atoms with Gasteiger partial charge in [-0.2, -0.15) is 0 Å². The molecule has 0 bridgehead atoms. The molecule has 156 valence electrons. The number of carbonyl (C=O) groups excluding carboxylic acids is 4. The average molecular weight is 428 g/mol. The van der Waals surface area contributed by atoms with E-state index < -0.39 is 17.7 Å². The van der Waals surface area contributed by atoms with Gasteiger partial charge in [-0.25, -0.2) is 0 Å². The van der Waals surface area contributed by atoms with Crippen molar-refractivity contribution in [1.29, 1.82) is 0 Å². The first-order chi connectivity index (χ1) is 14.2. The number of nitrogens with one attached hydrogen (secondary N) is 2. The van der Waals surface area contributed by atoms with E-state index in [1.165, 1.54) is 12.1 Å². The van der Waals surface area contributed by atoms with Crippen LogP contribution in [0.15, 0.2) is 36.4 Å². The van der Waals surface area contributed by atoms with Crippen LogP contribution in [0.25, 0.3) is 0 Å². The predicted octanol–water partition coefficient (Wildman–Crippen LogP) is 3.41. The standard InChI is InChI=1S/C22H22ClN3O4/c1-12(2)24-20(28)16-7-5-14(23)11-18(16)25-19(27)8-9-26-21(29)15-6-4-13(3)10-17(15)22(26)30/h4-7,10-12H,8-9H2,1-3H3,(H,24,28)(H,25,27). The van der Waals surface area contributed by atoms with Gasteiger partial charge in [-0.15, -0.1) is 0 Å². The molecule has 0 spiro atoms. The first-order valence-electron chi connectivity index (χ1n) is 9.54. The second-order valence-electron chi connectivity index (χ2n) is 7.43. The van der Waals surface area contributed by atoms with Gasteiger partial charge in [-0.1, -0.05) is 23.2 Å². The van der Waals surface area contributed by atoms with Crippen molar-refractivity contribution in [3.05, 3.63) is 63.7 Å². The lowest BCUT2D eigenvalue weighted by atomic mass is 10.1. The fourth-order valence-corrected chi connectivity index (χ4v) is 3.36. The zero-order chi connectivity index (χ0) is 22.0. The molecule has 0 aliphatic carbocycles. The van der Waals surface area contributed by atoms with Gasteiger partial charge in [0, 0.05) is 24.0 Å². The van der Waals surface area contributed by atoms with Gasteiger partial charge in [0.1, 0.15) is 0 Å². The second-order valence-corrected chi connectivity index (χ2v) is 7.86. The number of nitrogens with zero attached hydrogens (tertiary/aromatic N) is 1. The van der Waals surface area contributed by atoms with Crippen molar-refractivity contribution in [1.82, 2.24) is 10.2 Å². The fraction of sp³-hybridized carbons (Fsp3) is 0.273. The van der Waals surface area contributed by atoms with Crippen molar-refractivity contribution < 1.29 is 19.2 Å². The van der Waals surface area contributed by atoms with E-state index in [2.05, 4.69) is 10.6 Å². The maximum atomic E-state index is 12.5. The predicted molar refractivity (Wildman–Crippen MR) is 114 cm³/mol. The Morgan fingerprint density at radius 1 is 1.03 bits per heavy atom. The highest BCUT2D eigenvalue weighted by Crippen LogP contribution is 2.25. The number of fused-ring (bicyclic) bond motifs is 1.